The number of carbonyl (C=O) groups excluding carboxylic acids is 1. The highest BCUT2D eigenvalue weighted by Gasteiger charge is 2.42. The fraction of sp³-hybridized carbons (Fsp3) is 0.727. The maximum Gasteiger partial charge on any atom is 0.175 e. The van der Waals surface area contributed by atoms with Crippen molar-refractivity contribution < 1.29 is 17.9 Å². The van der Waals surface area contributed by atoms with Crippen LogP contribution in [0.1, 0.15) is 12.8 Å². The first kappa shape index (κ1) is 11.4. The smallest absolute Gasteiger partial charge is 0.175 e. The van der Waals surface area contributed by atoms with Gasteiger partial charge in [0.15, 0.2) is 15.6 Å². The minimum Gasteiger partial charge on any atom is -0.372 e. The Bertz CT molecular complexity index is 482. The minimum atomic E-state index is -3.15. The summed E-state index contributed by atoms with van der Waals surface area (Å²) in [7, 11) is -3.15. The van der Waals surface area contributed by atoms with E-state index in [1.165, 1.54) is 0 Å². The summed E-state index contributed by atoms with van der Waals surface area (Å²) >= 11 is 0. The molecule has 0 amide bonds. The minimum absolute atomic E-state index is 0.0273. The van der Waals surface area contributed by atoms with Crippen LogP contribution in [0.25, 0.3) is 0 Å². The highest BCUT2D eigenvalue weighted by Crippen LogP contribution is 2.32. The number of carbonyl (C=O) groups is 1. The van der Waals surface area contributed by atoms with Crippen molar-refractivity contribution in [2.45, 2.75) is 24.9 Å². The molecule has 5 nitrogen and oxygen atoms in total. The second-order valence-electron chi connectivity index (χ2n) is 4.86. The van der Waals surface area contributed by atoms with Gasteiger partial charge in [-0.2, -0.15) is 0 Å². The molecule has 3 aliphatic rings. The van der Waals surface area contributed by atoms with Gasteiger partial charge in [-0.15, -0.1) is 0 Å². The largest absolute Gasteiger partial charge is 0.372 e. The molecule has 3 rings (SSSR count). The van der Waals surface area contributed by atoms with Crippen molar-refractivity contribution in [3.8, 4) is 0 Å². The Hall–Kier alpha value is -0.720. The molecule has 2 fully saturated rings. The van der Waals surface area contributed by atoms with E-state index in [-0.39, 0.29) is 36.1 Å². The number of hydrogen-bond donors (Lipinski definition) is 1. The molecular formula is C11H15NO4S. The van der Waals surface area contributed by atoms with E-state index >= 15 is 0 Å². The van der Waals surface area contributed by atoms with Crippen molar-refractivity contribution in [2.75, 3.05) is 19.0 Å². The summed E-state index contributed by atoms with van der Waals surface area (Å²) in [5.41, 5.74) is 0. The summed E-state index contributed by atoms with van der Waals surface area (Å²) in [5.74, 6) is -0.151. The molecule has 3 heterocycles. The van der Waals surface area contributed by atoms with E-state index in [9.17, 15) is 13.2 Å². The summed E-state index contributed by atoms with van der Waals surface area (Å²) in [5, 5.41) is 3.25. The number of sulfone groups is 1. The molecule has 3 atom stereocenters. The van der Waals surface area contributed by atoms with Crippen molar-refractivity contribution in [3.63, 3.8) is 0 Å². The number of rotatable bonds is 0. The molecule has 2 saturated heterocycles. The van der Waals surface area contributed by atoms with Gasteiger partial charge < -0.3 is 10.1 Å². The summed E-state index contributed by atoms with van der Waals surface area (Å²) in [6.45, 7) is 0.577. The Balaban J connectivity index is 2.00. The summed E-state index contributed by atoms with van der Waals surface area (Å²) in [6, 6.07) is -0.178. The molecule has 94 valence electrons. The maximum atomic E-state index is 11.9. The van der Waals surface area contributed by atoms with Gasteiger partial charge in [0.05, 0.1) is 23.2 Å². The van der Waals surface area contributed by atoms with Crippen LogP contribution in [0.3, 0.4) is 0 Å². The molecule has 0 aromatic heterocycles. The van der Waals surface area contributed by atoms with Crippen LogP contribution in [0.2, 0.25) is 0 Å². The monoisotopic (exact) mass is 257 g/mol. The third kappa shape index (κ3) is 1.84. The topological polar surface area (TPSA) is 72.5 Å². The van der Waals surface area contributed by atoms with Gasteiger partial charge >= 0.3 is 0 Å². The Morgan fingerprint density at radius 1 is 1.41 bits per heavy atom. The molecule has 3 aliphatic heterocycles. The molecule has 0 aliphatic carbocycles. The zero-order valence-electron chi connectivity index (χ0n) is 9.39. The Morgan fingerprint density at radius 3 is 3.06 bits per heavy atom. The highest BCUT2D eigenvalue weighted by atomic mass is 32.2. The molecular weight excluding hydrogens is 242 g/mol. The second kappa shape index (κ2) is 3.90. The molecule has 1 N–H and O–H groups in total. The van der Waals surface area contributed by atoms with E-state index in [1.54, 1.807) is 6.08 Å². The second-order valence-corrected chi connectivity index (χ2v) is 6.97. The molecule has 0 saturated carbocycles. The molecule has 6 heteroatoms. The predicted molar refractivity (Wildman–Crippen MR) is 61.1 cm³/mol. The van der Waals surface area contributed by atoms with Crippen molar-refractivity contribution in [2.24, 2.45) is 5.92 Å². The third-order valence-electron chi connectivity index (χ3n) is 3.71. The number of nitrogens with one attached hydrogen (secondary N) is 1. The fourth-order valence-electron chi connectivity index (χ4n) is 2.85. The van der Waals surface area contributed by atoms with E-state index in [0.29, 0.717) is 17.9 Å². The van der Waals surface area contributed by atoms with E-state index in [2.05, 4.69) is 5.32 Å². The average Bonchev–Trinajstić information content (AvgIpc) is 2.27. The number of Topliss-reactive ketones (excluding diaryl/α,β-unsaturated/α-hetero) is 1. The average molecular weight is 257 g/mol. The number of fused-ring (bicyclic) bond motifs is 2. The first-order chi connectivity index (χ1) is 8.08. The lowest BCUT2D eigenvalue weighted by Crippen LogP contribution is -2.56. The molecule has 3 unspecified atom stereocenters. The van der Waals surface area contributed by atoms with Crippen LogP contribution >= 0.6 is 0 Å². The fourth-order valence-corrected chi connectivity index (χ4v) is 4.60. The van der Waals surface area contributed by atoms with E-state index in [4.69, 9.17) is 4.74 Å². The normalized spacial score (nSPS) is 40.1. The van der Waals surface area contributed by atoms with Gasteiger partial charge in [0, 0.05) is 12.1 Å². The molecule has 0 radical (unpaired) electrons. The van der Waals surface area contributed by atoms with Gasteiger partial charge in [-0.05, 0) is 12.8 Å². The van der Waals surface area contributed by atoms with E-state index < -0.39 is 9.84 Å². The Labute approximate surface area is 100 Å². The van der Waals surface area contributed by atoms with Gasteiger partial charge in [-0.3, -0.25) is 4.79 Å². The lowest BCUT2D eigenvalue weighted by molar-refractivity contribution is -0.132. The summed E-state index contributed by atoms with van der Waals surface area (Å²) in [4.78, 5) is 12.1. The molecule has 0 aromatic rings. The van der Waals surface area contributed by atoms with Crippen LogP contribution in [0.15, 0.2) is 11.0 Å². The Kier molecular flexibility index (Phi) is 2.61. The number of ketones is 1. The quantitative estimate of drug-likeness (QED) is 0.641. The van der Waals surface area contributed by atoms with E-state index in [0.717, 1.165) is 6.42 Å². The lowest BCUT2D eigenvalue weighted by atomic mass is 9.88. The number of ether oxygens (including phenoxy) is 1. The first-order valence-corrected chi connectivity index (χ1v) is 7.54. The standard InChI is InChI=1S/C11H15NO4S/c13-10-6-16-5-9-7(10)4-11-8(12-9)2-1-3-17(11,14)15/h4,7-9,12H,1-3,5-6H2. The van der Waals surface area contributed by atoms with Crippen LogP contribution in [-0.4, -0.2) is 45.3 Å². The number of hydrogen-bond acceptors (Lipinski definition) is 5. The van der Waals surface area contributed by atoms with Crippen LogP contribution in [0, 0.1) is 5.92 Å². The summed E-state index contributed by atoms with van der Waals surface area (Å²) < 4.78 is 29.1. The first-order valence-electron chi connectivity index (χ1n) is 5.89. The molecule has 0 aromatic carbocycles. The molecule has 17 heavy (non-hydrogen) atoms. The highest BCUT2D eigenvalue weighted by molar-refractivity contribution is 7.95. The van der Waals surface area contributed by atoms with Crippen LogP contribution < -0.4 is 5.32 Å². The maximum absolute atomic E-state index is 11.9. The van der Waals surface area contributed by atoms with Crippen molar-refractivity contribution in [3.05, 3.63) is 11.0 Å². The third-order valence-corrected chi connectivity index (χ3v) is 5.68. The van der Waals surface area contributed by atoms with E-state index in [1.807, 2.05) is 0 Å². The van der Waals surface area contributed by atoms with Gasteiger partial charge in [0.25, 0.3) is 0 Å². The zero-order valence-corrected chi connectivity index (χ0v) is 10.2. The van der Waals surface area contributed by atoms with Crippen LogP contribution in [-0.2, 0) is 19.4 Å². The van der Waals surface area contributed by atoms with Gasteiger partial charge in [-0.1, -0.05) is 6.08 Å². The SMILES string of the molecule is O=C1COCC2NC3CCCS(=O)(=O)C3=CC12. The van der Waals surface area contributed by atoms with Gasteiger partial charge in [0.1, 0.15) is 6.61 Å². The predicted octanol–water partition coefficient (Wildman–Crippen LogP) is -0.365. The lowest BCUT2D eigenvalue weighted by Gasteiger charge is -2.39. The van der Waals surface area contributed by atoms with Crippen molar-refractivity contribution in [1.82, 2.24) is 5.32 Å². The molecule has 0 bridgehead atoms. The van der Waals surface area contributed by atoms with Crippen molar-refractivity contribution in [1.29, 1.82) is 0 Å². The Morgan fingerprint density at radius 2 is 2.24 bits per heavy atom. The van der Waals surface area contributed by atoms with Gasteiger partial charge in [-0.25, -0.2) is 8.42 Å². The summed E-state index contributed by atoms with van der Waals surface area (Å²) in [6.07, 6.45) is 3.18. The van der Waals surface area contributed by atoms with Crippen LogP contribution in [0.5, 0.6) is 0 Å². The van der Waals surface area contributed by atoms with Crippen LogP contribution in [0.4, 0.5) is 0 Å². The molecule has 0 spiro atoms. The van der Waals surface area contributed by atoms with Gasteiger partial charge in [0.2, 0.25) is 0 Å². The van der Waals surface area contributed by atoms with Crippen molar-refractivity contribution >= 4 is 15.6 Å². The zero-order chi connectivity index (χ0) is 12.0.